The number of piperidine rings is 1. The standard InChI is InChI=1S/C15H19N3O3/c1-8-4-3-5-10-13(8)15(21)18(9(2)16-10)11-6-7-12(19)17-14(11)20/h3-5,10-13,19H,6-7H2,1-2H3,(H,17,20)/t10?,11-,12?,13?/m0/s1. The molecule has 0 aromatic rings. The van der Waals surface area contributed by atoms with Gasteiger partial charge in [-0.2, -0.15) is 0 Å². The van der Waals surface area contributed by atoms with Crippen molar-refractivity contribution in [3.8, 4) is 0 Å². The zero-order valence-electron chi connectivity index (χ0n) is 12.1. The predicted molar refractivity (Wildman–Crippen MR) is 77.3 cm³/mol. The summed E-state index contributed by atoms with van der Waals surface area (Å²) in [5.41, 5.74) is 0.963. The van der Waals surface area contributed by atoms with Crippen LogP contribution in [0.3, 0.4) is 0 Å². The number of carbonyl (C=O) groups excluding carboxylic acids is 2. The quantitative estimate of drug-likeness (QED) is 0.730. The van der Waals surface area contributed by atoms with Crippen LogP contribution in [0.5, 0.6) is 0 Å². The fourth-order valence-electron chi connectivity index (χ4n) is 3.26. The van der Waals surface area contributed by atoms with E-state index in [2.05, 4.69) is 10.3 Å². The van der Waals surface area contributed by atoms with Gasteiger partial charge in [0.25, 0.3) is 0 Å². The average molecular weight is 289 g/mol. The number of amidine groups is 1. The minimum absolute atomic E-state index is 0.0814. The van der Waals surface area contributed by atoms with Gasteiger partial charge in [-0.05, 0) is 26.7 Å². The zero-order valence-corrected chi connectivity index (χ0v) is 12.1. The van der Waals surface area contributed by atoms with Crippen molar-refractivity contribution in [3.63, 3.8) is 0 Å². The van der Waals surface area contributed by atoms with Crippen molar-refractivity contribution in [1.82, 2.24) is 10.2 Å². The third-order valence-corrected chi connectivity index (χ3v) is 4.32. The first-order chi connectivity index (χ1) is 9.99. The number of hydrogen-bond acceptors (Lipinski definition) is 4. The molecular formula is C15H19N3O3. The van der Waals surface area contributed by atoms with Crippen LogP contribution in [0.4, 0.5) is 0 Å². The van der Waals surface area contributed by atoms with Gasteiger partial charge in [0.2, 0.25) is 11.8 Å². The van der Waals surface area contributed by atoms with Crippen molar-refractivity contribution in [1.29, 1.82) is 0 Å². The molecule has 2 N–H and O–H groups in total. The van der Waals surface area contributed by atoms with E-state index >= 15 is 0 Å². The maximum atomic E-state index is 12.8. The molecule has 1 fully saturated rings. The molecule has 2 amide bonds. The molecule has 0 bridgehead atoms. The van der Waals surface area contributed by atoms with Crippen molar-refractivity contribution in [2.75, 3.05) is 0 Å². The molecule has 112 valence electrons. The normalized spacial score (nSPS) is 35.9. The molecule has 0 radical (unpaired) electrons. The molecule has 1 aliphatic carbocycles. The molecule has 0 aromatic heterocycles. The molecule has 3 rings (SSSR count). The summed E-state index contributed by atoms with van der Waals surface area (Å²) in [7, 11) is 0. The highest BCUT2D eigenvalue weighted by Gasteiger charge is 2.44. The van der Waals surface area contributed by atoms with E-state index in [0.29, 0.717) is 18.7 Å². The number of aliphatic imine (C=N–C) groups is 1. The van der Waals surface area contributed by atoms with Crippen LogP contribution >= 0.6 is 0 Å². The van der Waals surface area contributed by atoms with E-state index in [1.54, 1.807) is 6.92 Å². The van der Waals surface area contributed by atoms with Crippen LogP contribution in [0.15, 0.2) is 28.8 Å². The Labute approximate surface area is 123 Å². The van der Waals surface area contributed by atoms with E-state index in [-0.39, 0.29) is 23.8 Å². The summed E-state index contributed by atoms with van der Waals surface area (Å²) in [5.74, 6) is -0.152. The largest absolute Gasteiger partial charge is 0.374 e. The zero-order chi connectivity index (χ0) is 15.1. The number of amides is 2. The molecule has 0 aromatic carbocycles. The number of allylic oxidation sites excluding steroid dienone is 2. The summed E-state index contributed by atoms with van der Waals surface area (Å²) in [6, 6.07) is -0.750. The summed E-state index contributed by atoms with van der Waals surface area (Å²) < 4.78 is 0. The van der Waals surface area contributed by atoms with E-state index in [1.807, 2.05) is 25.2 Å². The topological polar surface area (TPSA) is 82.0 Å². The Balaban J connectivity index is 1.92. The second-order valence-electron chi connectivity index (χ2n) is 5.77. The Morgan fingerprint density at radius 3 is 2.81 bits per heavy atom. The number of nitrogens with one attached hydrogen (secondary N) is 1. The highest BCUT2D eigenvalue weighted by Crippen LogP contribution is 2.31. The number of aliphatic hydroxyl groups excluding tert-OH is 1. The van der Waals surface area contributed by atoms with Crippen LogP contribution in [0.25, 0.3) is 0 Å². The van der Waals surface area contributed by atoms with Crippen LogP contribution < -0.4 is 5.32 Å². The van der Waals surface area contributed by atoms with E-state index in [4.69, 9.17) is 0 Å². The average Bonchev–Trinajstić information content (AvgIpc) is 2.40. The third-order valence-electron chi connectivity index (χ3n) is 4.32. The van der Waals surface area contributed by atoms with Gasteiger partial charge in [-0.15, -0.1) is 0 Å². The van der Waals surface area contributed by atoms with Crippen LogP contribution in [0.2, 0.25) is 0 Å². The Bertz CT molecular complexity index is 579. The first kappa shape index (κ1) is 14.0. The number of fused-ring (bicyclic) bond motifs is 1. The molecule has 21 heavy (non-hydrogen) atoms. The molecular weight excluding hydrogens is 270 g/mol. The third kappa shape index (κ3) is 2.29. The van der Waals surface area contributed by atoms with Crippen LogP contribution in [-0.2, 0) is 9.59 Å². The molecule has 2 heterocycles. The molecule has 0 spiro atoms. The van der Waals surface area contributed by atoms with E-state index in [1.165, 1.54) is 4.90 Å². The summed E-state index contributed by atoms with van der Waals surface area (Å²) in [4.78, 5) is 31.0. The molecule has 1 saturated heterocycles. The first-order valence-corrected chi connectivity index (χ1v) is 7.20. The number of carbonyl (C=O) groups is 2. The smallest absolute Gasteiger partial charge is 0.245 e. The van der Waals surface area contributed by atoms with E-state index < -0.39 is 12.3 Å². The first-order valence-electron chi connectivity index (χ1n) is 7.20. The summed E-state index contributed by atoms with van der Waals surface area (Å²) in [6.45, 7) is 3.67. The molecule has 3 unspecified atom stereocenters. The van der Waals surface area contributed by atoms with Crippen LogP contribution in [0, 0.1) is 5.92 Å². The van der Waals surface area contributed by atoms with Crippen molar-refractivity contribution in [2.24, 2.45) is 10.9 Å². The maximum absolute atomic E-state index is 12.8. The summed E-state index contributed by atoms with van der Waals surface area (Å²) in [6.07, 6.45) is 5.81. The minimum Gasteiger partial charge on any atom is -0.374 e. The Hall–Kier alpha value is -1.95. The summed E-state index contributed by atoms with van der Waals surface area (Å²) >= 11 is 0. The highest BCUT2D eigenvalue weighted by atomic mass is 16.3. The molecule has 0 saturated carbocycles. The summed E-state index contributed by atoms with van der Waals surface area (Å²) in [5, 5.41) is 12.0. The van der Waals surface area contributed by atoms with Crippen molar-refractivity contribution in [2.45, 2.75) is 45.0 Å². The number of nitrogens with zero attached hydrogens (tertiary/aromatic N) is 2. The molecule has 2 aliphatic heterocycles. The lowest BCUT2D eigenvalue weighted by Crippen LogP contribution is -2.60. The van der Waals surface area contributed by atoms with Gasteiger partial charge in [0.15, 0.2) is 0 Å². The fourth-order valence-corrected chi connectivity index (χ4v) is 3.26. The lowest BCUT2D eigenvalue weighted by molar-refractivity contribution is -0.142. The van der Waals surface area contributed by atoms with Crippen LogP contribution in [-0.4, -0.2) is 46.0 Å². The highest BCUT2D eigenvalue weighted by molar-refractivity contribution is 6.05. The van der Waals surface area contributed by atoms with Gasteiger partial charge < -0.3 is 10.4 Å². The lowest BCUT2D eigenvalue weighted by atomic mass is 9.85. The van der Waals surface area contributed by atoms with Gasteiger partial charge in [0.1, 0.15) is 18.1 Å². The van der Waals surface area contributed by atoms with E-state index in [9.17, 15) is 14.7 Å². The van der Waals surface area contributed by atoms with Gasteiger partial charge in [-0.25, -0.2) is 0 Å². The predicted octanol–water partition coefficient (Wildman–Crippen LogP) is 0.345. The second kappa shape index (κ2) is 5.11. The fraction of sp³-hybridized carbons (Fsp3) is 0.533. The van der Waals surface area contributed by atoms with Gasteiger partial charge in [-0.3, -0.25) is 19.5 Å². The van der Waals surface area contributed by atoms with Gasteiger partial charge in [-0.1, -0.05) is 23.8 Å². The lowest BCUT2D eigenvalue weighted by Gasteiger charge is -2.41. The van der Waals surface area contributed by atoms with E-state index in [0.717, 1.165) is 5.57 Å². The second-order valence-corrected chi connectivity index (χ2v) is 5.77. The number of aliphatic hydroxyl groups is 1. The van der Waals surface area contributed by atoms with Gasteiger partial charge in [0.05, 0.1) is 12.0 Å². The number of hydrogen-bond donors (Lipinski definition) is 2. The molecule has 6 nitrogen and oxygen atoms in total. The van der Waals surface area contributed by atoms with Crippen molar-refractivity contribution < 1.29 is 14.7 Å². The molecule has 6 heteroatoms. The molecule has 4 atom stereocenters. The van der Waals surface area contributed by atoms with Crippen molar-refractivity contribution >= 4 is 17.6 Å². The van der Waals surface area contributed by atoms with Crippen molar-refractivity contribution in [3.05, 3.63) is 23.8 Å². The number of rotatable bonds is 1. The molecule has 3 aliphatic rings. The maximum Gasteiger partial charge on any atom is 0.245 e. The van der Waals surface area contributed by atoms with Gasteiger partial charge in [0, 0.05) is 0 Å². The SMILES string of the molecule is CC1=CC=CC2N=C(C)N([C@H]3CCC(O)NC3=O)C(=O)C12. The Morgan fingerprint density at radius 2 is 2.10 bits per heavy atom. The monoisotopic (exact) mass is 289 g/mol. The Morgan fingerprint density at radius 1 is 1.33 bits per heavy atom. The Kier molecular flexibility index (Phi) is 3.41. The van der Waals surface area contributed by atoms with Gasteiger partial charge >= 0.3 is 0 Å². The minimum atomic E-state index is -0.821. The van der Waals surface area contributed by atoms with Crippen LogP contribution in [0.1, 0.15) is 26.7 Å².